The van der Waals surface area contributed by atoms with Crippen LogP contribution in [-0.2, 0) is 9.59 Å². The van der Waals surface area contributed by atoms with Crippen molar-refractivity contribution in [3.05, 3.63) is 0 Å². The smallest absolute Gasteiger partial charge is 0.345 e. The highest BCUT2D eigenvalue weighted by molar-refractivity contribution is 5.86. The Bertz CT molecular complexity index is 208. The quantitative estimate of drug-likeness (QED) is 0.295. The van der Waals surface area contributed by atoms with Crippen molar-refractivity contribution in [2.75, 3.05) is 13.1 Å². The molecule has 0 aliphatic rings. The number of nitrogens with two attached hydrogens (primary N) is 3. The van der Waals surface area contributed by atoms with Gasteiger partial charge in [-0.15, -0.1) is 0 Å². The van der Waals surface area contributed by atoms with Gasteiger partial charge in [-0.1, -0.05) is 0 Å². The predicted molar refractivity (Wildman–Crippen MR) is 45.4 cm³/mol. The number of carboxylic acids is 1. The number of hydrogen-bond acceptors (Lipinski definition) is 5. The Kier molecular flexibility index (Phi) is 4.32. The zero-order chi connectivity index (χ0) is 10.5. The van der Waals surface area contributed by atoms with E-state index >= 15 is 0 Å². The van der Waals surface area contributed by atoms with Gasteiger partial charge in [0.25, 0.3) is 0 Å². The number of hydrogen-bond donors (Lipinski definition) is 5. The average molecular weight is 190 g/mol. The maximum absolute atomic E-state index is 10.9. The number of carbonyl (C=O) groups is 2. The van der Waals surface area contributed by atoms with Crippen molar-refractivity contribution in [2.45, 2.75) is 12.1 Å². The first kappa shape index (κ1) is 11.8. The molecular formula is C6H14N4O3. The molecule has 7 nitrogen and oxygen atoms in total. The molecule has 0 aromatic heterocycles. The Morgan fingerprint density at radius 2 is 1.92 bits per heavy atom. The fourth-order valence-corrected chi connectivity index (χ4v) is 0.634. The fourth-order valence-electron chi connectivity index (χ4n) is 0.634. The van der Waals surface area contributed by atoms with Crippen LogP contribution in [0.15, 0.2) is 0 Å². The molecule has 0 saturated carbocycles. The lowest BCUT2D eigenvalue weighted by Crippen LogP contribution is -2.66. The molecule has 13 heavy (non-hydrogen) atoms. The third-order valence-corrected chi connectivity index (χ3v) is 1.44. The third kappa shape index (κ3) is 3.36. The van der Waals surface area contributed by atoms with Crippen molar-refractivity contribution in [1.82, 2.24) is 5.32 Å². The molecule has 0 unspecified atom stereocenters. The summed E-state index contributed by atoms with van der Waals surface area (Å²) in [5.41, 5.74) is 13.6. The Labute approximate surface area is 75.3 Å². The van der Waals surface area contributed by atoms with Crippen LogP contribution in [-0.4, -0.2) is 35.7 Å². The monoisotopic (exact) mass is 190 g/mol. The van der Waals surface area contributed by atoms with Crippen LogP contribution in [0.25, 0.3) is 0 Å². The maximum Gasteiger partial charge on any atom is 0.345 e. The topological polar surface area (TPSA) is 144 Å². The van der Waals surface area contributed by atoms with Gasteiger partial charge < -0.3 is 21.9 Å². The summed E-state index contributed by atoms with van der Waals surface area (Å²) < 4.78 is 0. The summed E-state index contributed by atoms with van der Waals surface area (Å²) in [5.74, 6) is -1.90. The molecule has 0 aromatic carbocycles. The summed E-state index contributed by atoms with van der Waals surface area (Å²) in [6.07, 6.45) is 0.0201. The number of aliphatic carboxylic acids is 1. The molecule has 1 amide bonds. The zero-order valence-corrected chi connectivity index (χ0v) is 7.12. The number of rotatable bonds is 5. The second kappa shape index (κ2) is 4.75. The molecule has 0 heterocycles. The Morgan fingerprint density at radius 1 is 1.38 bits per heavy atom. The average Bonchev–Trinajstić information content (AvgIpc) is 2.04. The number of carboxylic acid groups (broad SMARTS) is 1. The van der Waals surface area contributed by atoms with E-state index in [2.05, 4.69) is 5.32 Å². The number of nitrogens with one attached hydrogen (secondary N) is 1. The largest absolute Gasteiger partial charge is 0.478 e. The van der Waals surface area contributed by atoms with E-state index in [-0.39, 0.29) is 19.5 Å². The second-order valence-corrected chi connectivity index (χ2v) is 2.57. The van der Waals surface area contributed by atoms with Crippen molar-refractivity contribution in [3.63, 3.8) is 0 Å². The van der Waals surface area contributed by atoms with Crippen LogP contribution >= 0.6 is 0 Å². The van der Waals surface area contributed by atoms with Crippen LogP contribution < -0.4 is 22.5 Å². The summed E-state index contributed by atoms with van der Waals surface area (Å²) in [6, 6.07) is 0. The molecule has 0 aliphatic carbocycles. The van der Waals surface area contributed by atoms with Gasteiger partial charge in [-0.05, 0) is 0 Å². The lowest BCUT2D eigenvalue weighted by molar-refractivity contribution is -0.147. The SMILES string of the molecule is NCCC(=O)N[C@](N)(CN)C(=O)O. The molecular weight excluding hydrogens is 176 g/mol. The molecule has 0 aliphatic heterocycles. The minimum absolute atomic E-state index is 0.0201. The lowest BCUT2D eigenvalue weighted by Gasteiger charge is -2.23. The summed E-state index contributed by atoms with van der Waals surface area (Å²) in [7, 11) is 0. The molecule has 76 valence electrons. The molecule has 0 saturated heterocycles. The summed E-state index contributed by atoms with van der Waals surface area (Å²) in [6.45, 7) is -0.245. The van der Waals surface area contributed by atoms with E-state index in [9.17, 15) is 9.59 Å². The molecule has 0 bridgehead atoms. The Balaban J connectivity index is 4.27. The highest BCUT2D eigenvalue weighted by Gasteiger charge is 2.33. The van der Waals surface area contributed by atoms with Crippen molar-refractivity contribution in [1.29, 1.82) is 0 Å². The summed E-state index contributed by atoms with van der Waals surface area (Å²) >= 11 is 0. The van der Waals surface area contributed by atoms with Gasteiger partial charge in [-0.25, -0.2) is 4.79 Å². The minimum Gasteiger partial charge on any atom is -0.478 e. The van der Waals surface area contributed by atoms with E-state index in [1.165, 1.54) is 0 Å². The standard InChI is InChI=1S/C6H14N4O3/c7-2-1-4(11)10-6(9,3-8)5(12)13/h1-3,7-9H2,(H,10,11)(H,12,13)/t6-/m1/s1. The Hall–Kier alpha value is -1.18. The first-order chi connectivity index (χ1) is 5.96. The maximum atomic E-state index is 10.9. The molecule has 0 rings (SSSR count). The van der Waals surface area contributed by atoms with Crippen LogP contribution in [0.2, 0.25) is 0 Å². The molecule has 0 aromatic rings. The van der Waals surface area contributed by atoms with Crippen LogP contribution in [0.4, 0.5) is 0 Å². The zero-order valence-electron chi connectivity index (χ0n) is 7.12. The van der Waals surface area contributed by atoms with Gasteiger partial charge in [0, 0.05) is 19.5 Å². The fraction of sp³-hybridized carbons (Fsp3) is 0.667. The molecule has 0 fully saturated rings. The first-order valence-corrected chi connectivity index (χ1v) is 3.69. The van der Waals surface area contributed by atoms with E-state index in [4.69, 9.17) is 22.3 Å². The van der Waals surface area contributed by atoms with Crippen molar-refractivity contribution < 1.29 is 14.7 Å². The minimum atomic E-state index is -1.90. The van der Waals surface area contributed by atoms with E-state index in [1.54, 1.807) is 0 Å². The molecule has 1 atom stereocenters. The van der Waals surface area contributed by atoms with Gasteiger partial charge in [0.1, 0.15) is 0 Å². The molecule has 8 N–H and O–H groups in total. The van der Waals surface area contributed by atoms with Gasteiger partial charge >= 0.3 is 5.97 Å². The molecule has 7 heteroatoms. The van der Waals surface area contributed by atoms with Gasteiger partial charge in [-0.2, -0.15) is 0 Å². The van der Waals surface area contributed by atoms with Gasteiger partial charge in [0.2, 0.25) is 11.6 Å². The van der Waals surface area contributed by atoms with E-state index in [0.29, 0.717) is 0 Å². The normalized spacial score (nSPS) is 14.7. The van der Waals surface area contributed by atoms with Gasteiger partial charge in [0.05, 0.1) is 0 Å². The van der Waals surface area contributed by atoms with E-state index in [0.717, 1.165) is 0 Å². The summed E-state index contributed by atoms with van der Waals surface area (Å²) in [5, 5.41) is 10.7. The van der Waals surface area contributed by atoms with Crippen molar-refractivity contribution in [3.8, 4) is 0 Å². The van der Waals surface area contributed by atoms with E-state index in [1.807, 2.05) is 0 Å². The van der Waals surface area contributed by atoms with Crippen molar-refractivity contribution in [2.24, 2.45) is 17.2 Å². The first-order valence-electron chi connectivity index (χ1n) is 3.69. The second-order valence-electron chi connectivity index (χ2n) is 2.57. The lowest BCUT2D eigenvalue weighted by atomic mass is 10.2. The predicted octanol–water partition coefficient (Wildman–Crippen LogP) is -2.85. The highest BCUT2D eigenvalue weighted by Crippen LogP contribution is 1.93. The van der Waals surface area contributed by atoms with Gasteiger partial charge in [0.15, 0.2) is 0 Å². The third-order valence-electron chi connectivity index (χ3n) is 1.44. The van der Waals surface area contributed by atoms with Crippen LogP contribution in [0.5, 0.6) is 0 Å². The number of amides is 1. The van der Waals surface area contributed by atoms with Crippen LogP contribution in [0.3, 0.4) is 0 Å². The van der Waals surface area contributed by atoms with Gasteiger partial charge in [-0.3, -0.25) is 10.5 Å². The number of carbonyl (C=O) groups excluding carboxylic acids is 1. The van der Waals surface area contributed by atoms with Crippen LogP contribution in [0.1, 0.15) is 6.42 Å². The Morgan fingerprint density at radius 3 is 2.23 bits per heavy atom. The molecule has 0 radical (unpaired) electrons. The van der Waals surface area contributed by atoms with Crippen LogP contribution in [0, 0.1) is 0 Å². The highest BCUT2D eigenvalue weighted by atomic mass is 16.4. The molecule has 0 spiro atoms. The van der Waals surface area contributed by atoms with E-state index < -0.39 is 17.5 Å². The summed E-state index contributed by atoms with van der Waals surface area (Å²) in [4.78, 5) is 21.5. The van der Waals surface area contributed by atoms with Crippen molar-refractivity contribution >= 4 is 11.9 Å².